The highest BCUT2D eigenvalue weighted by molar-refractivity contribution is 4.63. The van der Waals surface area contributed by atoms with E-state index in [2.05, 4.69) is 0 Å². The molecular formula is C7H16F2. The molecule has 0 atom stereocenters. The third-order valence-corrected chi connectivity index (χ3v) is 0.724. The van der Waals surface area contributed by atoms with Crippen LogP contribution in [0.15, 0.2) is 0 Å². The van der Waals surface area contributed by atoms with Crippen LogP contribution in [0.2, 0.25) is 0 Å². The lowest BCUT2D eigenvalue weighted by molar-refractivity contribution is 0.197. The standard InChI is InChI=1S/C5H10F2.C2H6/c1-5(2,3-6)4-7;1-2/h3-4H2,1-2H3;1-2H3. The van der Waals surface area contributed by atoms with Crippen molar-refractivity contribution < 1.29 is 8.78 Å². The highest BCUT2D eigenvalue weighted by atomic mass is 19.1. The summed E-state index contributed by atoms with van der Waals surface area (Å²) >= 11 is 0. The molecule has 0 aromatic carbocycles. The summed E-state index contributed by atoms with van der Waals surface area (Å²) in [6.45, 7) is 5.94. The largest absolute Gasteiger partial charge is 0.250 e. The summed E-state index contributed by atoms with van der Waals surface area (Å²) in [5.74, 6) is 0. The minimum absolute atomic E-state index is 0.580. The molecule has 0 saturated carbocycles. The molecule has 0 aliphatic heterocycles. The molecule has 58 valence electrons. The Morgan fingerprint density at radius 1 is 1.00 bits per heavy atom. The molecule has 0 aliphatic carbocycles. The van der Waals surface area contributed by atoms with Crippen molar-refractivity contribution in [2.24, 2.45) is 5.41 Å². The topological polar surface area (TPSA) is 0 Å². The van der Waals surface area contributed by atoms with Crippen molar-refractivity contribution in [3.8, 4) is 0 Å². The van der Waals surface area contributed by atoms with Gasteiger partial charge in [0.05, 0.1) is 13.3 Å². The second-order valence-corrected chi connectivity index (χ2v) is 2.43. The van der Waals surface area contributed by atoms with Gasteiger partial charge in [-0.2, -0.15) is 0 Å². The lowest BCUT2D eigenvalue weighted by atomic mass is 9.98. The first-order valence-corrected chi connectivity index (χ1v) is 3.24. The molecule has 0 amide bonds. The summed E-state index contributed by atoms with van der Waals surface area (Å²) < 4.78 is 23.1. The first kappa shape index (κ1) is 11.6. The minimum atomic E-state index is -0.750. The third-order valence-electron chi connectivity index (χ3n) is 0.724. The summed E-state index contributed by atoms with van der Waals surface area (Å²) in [6, 6.07) is 0. The Kier molecular flexibility index (Phi) is 7.74. The second kappa shape index (κ2) is 5.99. The van der Waals surface area contributed by atoms with Crippen molar-refractivity contribution in [3.63, 3.8) is 0 Å². The van der Waals surface area contributed by atoms with E-state index >= 15 is 0 Å². The van der Waals surface area contributed by atoms with E-state index in [1.165, 1.54) is 0 Å². The smallest absolute Gasteiger partial charge is 0.0970 e. The Balaban J connectivity index is 0. The van der Waals surface area contributed by atoms with Crippen LogP contribution in [-0.2, 0) is 0 Å². The van der Waals surface area contributed by atoms with Gasteiger partial charge >= 0.3 is 0 Å². The lowest BCUT2D eigenvalue weighted by Crippen LogP contribution is -2.15. The van der Waals surface area contributed by atoms with Crippen molar-refractivity contribution in [1.29, 1.82) is 0 Å². The van der Waals surface area contributed by atoms with Crippen LogP contribution in [0.4, 0.5) is 8.78 Å². The number of alkyl halides is 2. The first-order valence-electron chi connectivity index (χ1n) is 3.24. The van der Waals surface area contributed by atoms with E-state index in [9.17, 15) is 8.78 Å². The summed E-state index contributed by atoms with van der Waals surface area (Å²) in [7, 11) is 0. The average Bonchev–Trinajstić information content (AvgIpc) is 1.93. The monoisotopic (exact) mass is 138 g/mol. The molecule has 0 spiro atoms. The van der Waals surface area contributed by atoms with Gasteiger partial charge in [0.1, 0.15) is 0 Å². The highest BCUT2D eigenvalue weighted by Gasteiger charge is 2.15. The molecule has 0 radical (unpaired) electrons. The zero-order valence-corrected chi connectivity index (χ0v) is 6.67. The quantitative estimate of drug-likeness (QED) is 0.550. The molecule has 2 heteroatoms. The van der Waals surface area contributed by atoms with Crippen LogP contribution in [0.3, 0.4) is 0 Å². The van der Waals surface area contributed by atoms with E-state index in [-0.39, 0.29) is 0 Å². The molecule has 0 unspecified atom stereocenters. The Morgan fingerprint density at radius 2 is 1.22 bits per heavy atom. The van der Waals surface area contributed by atoms with Crippen LogP contribution in [0, 0.1) is 5.41 Å². The zero-order chi connectivity index (χ0) is 7.91. The van der Waals surface area contributed by atoms with Gasteiger partial charge in [-0.1, -0.05) is 27.7 Å². The fourth-order valence-electron chi connectivity index (χ4n) is 0.0357. The number of halogens is 2. The molecule has 0 bridgehead atoms. The summed E-state index contributed by atoms with van der Waals surface area (Å²) in [5.41, 5.74) is -0.750. The van der Waals surface area contributed by atoms with E-state index in [1.54, 1.807) is 13.8 Å². The van der Waals surface area contributed by atoms with Crippen molar-refractivity contribution in [3.05, 3.63) is 0 Å². The predicted molar refractivity (Wildman–Crippen MR) is 37.1 cm³/mol. The van der Waals surface area contributed by atoms with Crippen LogP contribution in [0.5, 0.6) is 0 Å². The normalized spacial score (nSPS) is 10.0. The van der Waals surface area contributed by atoms with Crippen LogP contribution in [-0.4, -0.2) is 13.3 Å². The van der Waals surface area contributed by atoms with Crippen molar-refractivity contribution in [1.82, 2.24) is 0 Å². The van der Waals surface area contributed by atoms with Crippen molar-refractivity contribution in [2.75, 3.05) is 13.3 Å². The maximum absolute atomic E-state index is 11.5. The van der Waals surface area contributed by atoms with Gasteiger partial charge in [0, 0.05) is 5.41 Å². The average molecular weight is 138 g/mol. The molecule has 0 saturated heterocycles. The Labute approximate surface area is 56.3 Å². The number of rotatable bonds is 2. The van der Waals surface area contributed by atoms with Crippen LogP contribution < -0.4 is 0 Å². The lowest BCUT2D eigenvalue weighted by Gasteiger charge is -2.13. The van der Waals surface area contributed by atoms with Gasteiger partial charge in [-0.3, -0.25) is 8.78 Å². The molecule has 0 rings (SSSR count). The fourth-order valence-corrected chi connectivity index (χ4v) is 0.0357. The predicted octanol–water partition coefficient (Wildman–Crippen LogP) is 2.98. The molecule has 0 fully saturated rings. The summed E-state index contributed by atoms with van der Waals surface area (Å²) in [5, 5.41) is 0. The minimum Gasteiger partial charge on any atom is -0.250 e. The number of hydrogen-bond donors (Lipinski definition) is 0. The number of hydrogen-bond acceptors (Lipinski definition) is 0. The fraction of sp³-hybridized carbons (Fsp3) is 1.00. The maximum Gasteiger partial charge on any atom is 0.0970 e. The van der Waals surface area contributed by atoms with Crippen molar-refractivity contribution >= 4 is 0 Å². The van der Waals surface area contributed by atoms with Crippen LogP contribution in [0.25, 0.3) is 0 Å². The van der Waals surface area contributed by atoms with Crippen molar-refractivity contribution in [2.45, 2.75) is 27.7 Å². The SMILES string of the molecule is CC.CC(C)(CF)CF. The molecule has 0 heterocycles. The molecule has 0 N–H and O–H groups in total. The van der Waals surface area contributed by atoms with Gasteiger partial charge in [0.25, 0.3) is 0 Å². The van der Waals surface area contributed by atoms with E-state index in [0.29, 0.717) is 0 Å². The maximum atomic E-state index is 11.5. The van der Waals surface area contributed by atoms with Gasteiger partial charge < -0.3 is 0 Å². The third kappa shape index (κ3) is 7.86. The summed E-state index contributed by atoms with van der Waals surface area (Å²) in [4.78, 5) is 0. The van der Waals surface area contributed by atoms with E-state index in [0.717, 1.165) is 0 Å². The van der Waals surface area contributed by atoms with E-state index < -0.39 is 18.8 Å². The van der Waals surface area contributed by atoms with Crippen LogP contribution >= 0.6 is 0 Å². The van der Waals surface area contributed by atoms with Gasteiger partial charge in [0.2, 0.25) is 0 Å². The Morgan fingerprint density at radius 3 is 1.22 bits per heavy atom. The Hall–Kier alpha value is -0.140. The molecule has 0 aromatic heterocycles. The van der Waals surface area contributed by atoms with Gasteiger partial charge in [-0.25, -0.2) is 0 Å². The van der Waals surface area contributed by atoms with E-state index in [4.69, 9.17) is 0 Å². The second-order valence-electron chi connectivity index (χ2n) is 2.43. The Bertz CT molecular complexity index is 44.9. The van der Waals surface area contributed by atoms with Gasteiger partial charge in [-0.15, -0.1) is 0 Å². The molecule has 0 aliphatic rings. The molecular weight excluding hydrogens is 122 g/mol. The summed E-state index contributed by atoms with van der Waals surface area (Å²) in [6.07, 6.45) is 0. The molecule has 0 aromatic rings. The van der Waals surface area contributed by atoms with Gasteiger partial charge in [-0.05, 0) is 0 Å². The van der Waals surface area contributed by atoms with Gasteiger partial charge in [0.15, 0.2) is 0 Å². The highest BCUT2D eigenvalue weighted by Crippen LogP contribution is 2.14. The zero-order valence-electron chi connectivity index (χ0n) is 6.67. The molecule has 0 nitrogen and oxygen atoms in total. The van der Waals surface area contributed by atoms with E-state index in [1.807, 2.05) is 13.8 Å². The first-order chi connectivity index (χ1) is 4.12. The van der Waals surface area contributed by atoms with Crippen LogP contribution in [0.1, 0.15) is 27.7 Å². The molecule has 9 heavy (non-hydrogen) atoms.